The molecule has 1 rings (SSSR count). The summed E-state index contributed by atoms with van der Waals surface area (Å²) in [6, 6.07) is 3.79. The molecule has 2 atom stereocenters. The third kappa shape index (κ3) is 10.2. The molecule has 0 aromatic heterocycles. The van der Waals surface area contributed by atoms with E-state index in [-0.39, 0.29) is 24.0 Å². The second-order valence-corrected chi connectivity index (χ2v) is 10.3. The fraction of sp³-hybridized carbons (Fsp3) is 0.630. The Morgan fingerprint density at radius 1 is 0.868 bits per heavy atom. The molecule has 11 nitrogen and oxygen atoms in total. The number of carboxylic acid groups (broad SMARTS) is 1. The van der Waals surface area contributed by atoms with Crippen LogP contribution in [-0.2, 0) is 30.2 Å². The average Bonchev–Trinajstić information content (AvgIpc) is 2.79. The van der Waals surface area contributed by atoms with Crippen LogP contribution in [0.2, 0.25) is 0 Å². The predicted octanol–water partition coefficient (Wildman–Crippen LogP) is 5.37. The minimum atomic E-state index is -2.10. The van der Waals surface area contributed by atoms with E-state index >= 15 is 0 Å². The van der Waals surface area contributed by atoms with E-state index in [4.69, 9.17) is 23.7 Å². The Morgan fingerprint density at radius 2 is 1.37 bits per heavy atom. The number of ether oxygens (including phenoxy) is 5. The van der Waals surface area contributed by atoms with Crippen LogP contribution in [0.1, 0.15) is 87.1 Å². The van der Waals surface area contributed by atoms with Crippen molar-refractivity contribution in [1.82, 2.24) is 5.32 Å². The number of nitrogens with one attached hydrogen (secondary N) is 1. The van der Waals surface area contributed by atoms with Crippen LogP contribution in [0.4, 0.5) is 9.59 Å². The van der Waals surface area contributed by atoms with Gasteiger partial charge in [0.15, 0.2) is 11.5 Å². The molecule has 0 saturated heterocycles. The molecule has 0 fully saturated rings. The Hall–Kier alpha value is -3.34. The first-order valence-electron chi connectivity index (χ1n) is 12.6. The van der Waals surface area contributed by atoms with Gasteiger partial charge in [0.1, 0.15) is 11.2 Å². The van der Waals surface area contributed by atoms with Gasteiger partial charge in [0.05, 0.1) is 0 Å². The van der Waals surface area contributed by atoms with Gasteiger partial charge in [-0.05, 0) is 71.6 Å². The van der Waals surface area contributed by atoms with Gasteiger partial charge in [0.25, 0.3) is 5.72 Å². The molecule has 0 bridgehead atoms. The van der Waals surface area contributed by atoms with Crippen LogP contribution in [0.25, 0.3) is 0 Å². The molecule has 0 saturated carbocycles. The van der Waals surface area contributed by atoms with E-state index in [2.05, 4.69) is 5.32 Å². The monoisotopic (exact) mass is 539 g/mol. The maximum Gasteiger partial charge on any atom is 0.514 e. The summed E-state index contributed by atoms with van der Waals surface area (Å²) in [4.78, 5) is 49.1. The number of benzene rings is 1. The van der Waals surface area contributed by atoms with Crippen molar-refractivity contribution in [2.75, 3.05) is 0 Å². The number of carbonyl (C=O) groups is 4. The number of hydrogen-bond donors (Lipinski definition) is 2. The lowest BCUT2D eigenvalue weighted by Gasteiger charge is -2.32. The predicted molar refractivity (Wildman–Crippen MR) is 138 cm³/mol. The van der Waals surface area contributed by atoms with Gasteiger partial charge >= 0.3 is 24.2 Å². The second-order valence-electron chi connectivity index (χ2n) is 10.3. The van der Waals surface area contributed by atoms with E-state index < -0.39 is 41.2 Å². The smallest absolute Gasteiger partial charge is 0.477 e. The summed E-state index contributed by atoms with van der Waals surface area (Å²) in [6.07, 6.45) is -0.801. The van der Waals surface area contributed by atoms with Gasteiger partial charge in [-0.3, -0.25) is 10.1 Å². The van der Waals surface area contributed by atoms with Crippen molar-refractivity contribution < 1.29 is 48.0 Å². The summed E-state index contributed by atoms with van der Waals surface area (Å²) in [5, 5.41) is 12.9. The molecule has 2 N–H and O–H groups in total. The van der Waals surface area contributed by atoms with Gasteiger partial charge in [-0.1, -0.05) is 26.8 Å². The van der Waals surface area contributed by atoms with E-state index in [0.29, 0.717) is 24.8 Å². The number of esters is 1. The van der Waals surface area contributed by atoms with Crippen molar-refractivity contribution >= 4 is 24.2 Å². The van der Waals surface area contributed by atoms with Gasteiger partial charge < -0.3 is 28.8 Å². The molecule has 214 valence electrons. The molecular weight excluding hydrogens is 498 g/mol. The summed E-state index contributed by atoms with van der Waals surface area (Å²) in [7, 11) is 0. The molecule has 1 aromatic rings. The molecular formula is C27H41NO10. The zero-order chi connectivity index (χ0) is 29.3. The Balaban J connectivity index is 3.47. The Kier molecular flexibility index (Phi) is 11.6. The zero-order valence-corrected chi connectivity index (χ0v) is 23.8. The quantitative estimate of drug-likeness (QED) is 0.144. The lowest BCUT2D eigenvalue weighted by molar-refractivity contribution is -0.183. The number of carboxylic acids is 1. The molecule has 0 aliphatic rings. The van der Waals surface area contributed by atoms with Gasteiger partial charge in [0, 0.05) is 19.4 Å². The number of carbonyl (C=O) groups excluding carboxylic acids is 3. The maximum absolute atomic E-state index is 12.5. The normalized spacial score (nSPS) is 14.0. The maximum atomic E-state index is 12.5. The van der Waals surface area contributed by atoms with E-state index in [1.807, 2.05) is 20.8 Å². The van der Waals surface area contributed by atoms with Crippen LogP contribution < -0.4 is 14.8 Å². The number of rotatable bonds is 13. The highest BCUT2D eigenvalue weighted by Crippen LogP contribution is 2.32. The average molecular weight is 540 g/mol. The van der Waals surface area contributed by atoms with Crippen LogP contribution in [0.15, 0.2) is 18.2 Å². The van der Waals surface area contributed by atoms with Crippen LogP contribution in [-0.4, -0.2) is 52.3 Å². The van der Waals surface area contributed by atoms with Gasteiger partial charge in [-0.2, -0.15) is 0 Å². The molecule has 0 amide bonds. The van der Waals surface area contributed by atoms with E-state index in [9.17, 15) is 24.3 Å². The molecule has 0 radical (unpaired) electrons. The molecule has 1 aromatic carbocycles. The van der Waals surface area contributed by atoms with Crippen molar-refractivity contribution in [2.24, 2.45) is 0 Å². The van der Waals surface area contributed by atoms with Crippen molar-refractivity contribution in [3.05, 3.63) is 23.8 Å². The highest BCUT2D eigenvalue weighted by Gasteiger charge is 2.43. The SMILES string of the molecule is CCC(C)N[C@@](Cc1ccc(OC(=O)OC(C)(C)CC)c(OC(=O)OC(C)(C)CC)c1)(OC(C)=O)C(=O)O. The molecule has 11 heteroatoms. The second kappa shape index (κ2) is 13.5. The lowest BCUT2D eigenvalue weighted by atomic mass is 10.00. The summed E-state index contributed by atoms with van der Waals surface area (Å²) >= 11 is 0. The number of aliphatic carboxylic acids is 1. The molecule has 1 unspecified atom stereocenters. The highest BCUT2D eigenvalue weighted by atomic mass is 16.8. The molecule has 0 heterocycles. The fourth-order valence-electron chi connectivity index (χ4n) is 2.97. The molecule has 38 heavy (non-hydrogen) atoms. The van der Waals surface area contributed by atoms with Gasteiger partial charge in [-0.25, -0.2) is 14.4 Å². The first-order valence-corrected chi connectivity index (χ1v) is 12.6. The molecule has 0 aliphatic carbocycles. The highest BCUT2D eigenvalue weighted by molar-refractivity contribution is 5.81. The lowest BCUT2D eigenvalue weighted by Crippen LogP contribution is -2.59. The van der Waals surface area contributed by atoms with Crippen molar-refractivity contribution in [3.63, 3.8) is 0 Å². The van der Waals surface area contributed by atoms with Gasteiger partial charge in [-0.15, -0.1) is 0 Å². The third-order valence-electron chi connectivity index (χ3n) is 6.03. The standard InChI is InChI=1S/C27H41NO10/c1-10-17(4)28-27(22(30)31,36-18(5)29)16-19-13-14-20(34-23(32)37-25(6,7)11-2)21(15-19)35-24(33)38-26(8,9)12-3/h13-15,17,28H,10-12,16H2,1-9H3,(H,30,31)/t17?,27-/m0/s1. The first kappa shape index (κ1) is 32.7. The third-order valence-corrected chi connectivity index (χ3v) is 6.03. The van der Waals surface area contributed by atoms with Crippen molar-refractivity contribution in [3.8, 4) is 11.5 Å². The Bertz CT molecular complexity index is 1000. The largest absolute Gasteiger partial charge is 0.514 e. The van der Waals surface area contributed by atoms with Crippen LogP contribution in [0.3, 0.4) is 0 Å². The van der Waals surface area contributed by atoms with Crippen LogP contribution in [0.5, 0.6) is 11.5 Å². The van der Waals surface area contributed by atoms with Crippen LogP contribution in [0, 0.1) is 0 Å². The summed E-state index contributed by atoms with van der Waals surface area (Å²) in [6.45, 7) is 15.2. The van der Waals surface area contributed by atoms with Crippen molar-refractivity contribution in [1.29, 1.82) is 0 Å². The topological polar surface area (TPSA) is 147 Å². The number of hydrogen-bond acceptors (Lipinski definition) is 10. The summed E-state index contributed by atoms with van der Waals surface area (Å²) in [5.74, 6) is -2.58. The Morgan fingerprint density at radius 3 is 1.79 bits per heavy atom. The van der Waals surface area contributed by atoms with Crippen molar-refractivity contribution in [2.45, 2.75) is 111 Å². The minimum absolute atomic E-state index is 0.153. The van der Waals surface area contributed by atoms with E-state index in [0.717, 1.165) is 6.92 Å². The summed E-state index contributed by atoms with van der Waals surface area (Å²) in [5.41, 5.74) is -3.42. The van der Waals surface area contributed by atoms with Gasteiger partial charge in [0.2, 0.25) is 0 Å². The van der Waals surface area contributed by atoms with E-state index in [1.54, 1.807) is 34.6 Å². The molecule has 0 aliphatic heterocycles. The fourth-order valence-corrected chi connectivity index (χ4v) is 2.97. The Labute approximate surface area is 224 Å². The summed E-state index contributed by atoms with van der Waals surface area (Å²) < 4.78 is 26.6. The zero-order valence-electron chi connectivity index (χ0n) is 23.8. The van der Waals surface area contributed by atoms with E-state index in [1.165, 1.54) is 18.2 Å². The first-order chi connectivity index (χ1) is 17.5. The van der Waals surface area contributed by atoms with Crippen LogP contribution >= 0.6 is 0 Å². The molecule has 0 spiro atoms. The minimum Gasteiger partial charge on any atom is -0.477 e.